The van der Waals surface area contributed by atoms with E-state index in [1.54, 1.807) is 6.20 Å². The fraction of sp³-hybridized carbons (Fsp3) is 0.267. The van der Waals surface area contributed by atoms with Gasteiger partial charge in [-0.25, -0.2) is 9.97 Å². The van der Waals surface area contributed by atoms with E-state index in [-0.39, 0.29) is 5.91 Å². The van der Waals surface area contributed by atoms with Gasteiger partial charge in [-0.2, -0.15) is 0 Å². The lowest BCUT2D eigenvalue weighted by Crippen LogP contribution is -2.27. The molecule has 0 fully saturated rings. The quantitative estimate of drug-likeness (QED) is 0.820. The summed E-state index contributed by atoms with van der Waals surface area (Å²) < 4.78 is 0. The van der Waals surface area contributed by atoms with Crippen LogP contribution in [0.3, 0.4) is 0 Å². The van der Waals surface area contributed by atoms with Gasteiger partial charge in [-0.3, -0.25) is 4.79 Å². The number of amides is 1. The van der Waals surface area contributed by atoms with Gasteiger partial charge in [0.05, 0.1) is 18.7 Å². The normalized spacial score (nSPS) is 13.4. The van der Waals surface area contributed by atoms with Crippen LogP contribution in [-0.2, 0) is 24.3 Å². The van der Waals surface area contributed by atoms with E-state index >= 15 is 0 Å². The zero-order valence-electron chi connectivity index (χ0n) is 10.8. The molecule has 1 aromatic heterocycles. The summed E-state index contributed by atoms with van der Waals surface area (Å²) in [5.41, 5.74) is 4.26. The molecule has 19 heavy (non-hydrogen) atoms. The van der Waals surface area contributed by atoms with Crippen LogP contribution in [0.2, 0.25) is 0 Å². The van der Waals surface area contributed by atoms with Crippen molar-refractivity contribution in [2.75, 3.05) is 0 Å². The van der Waals surface area contributed by atoms with Crippen molar-refractivity contribution in [3.05, 3.63) is 59.2 Å². The number of hydrogen-bond donors (Lipinski definition) is 0. The van der Waals surface area contributed by atoms with Gasteiger partial charge in [0.1, 0.15) is 6.33 Å². The molecule has 1 aliphatic rings. The van der Waals surface area contributed by atoms with Crippen LogP contribution < -0.4 is 0 Å². The van der Waals surface area contributed by atoms with Gasteiger partial charge in [-0.15, -0.1) is 0 Å². The van der Waals surface area contributed by atoms with E-state index in [0.29, 0.717) is 19.5 Å². The predicted octanol–water partition coefficient (Wildman–Crippen LogP) is 1.87. The maximum atomic E-state index is 12.3. The number of aromatic nitrogens is 2. The Labute approximate surface area is 112 Å². The van der Waals surface area contributed by atoms with Crippen LogP contribution in [0, 0.1) is 6.92 Å². The molecule has 3 rings (SSSR count). The fourth-order valence-electron chi connectivity index (χ4n) is 2.39. The smallest absolute Gasteiger partial charge is 0.227 e. The molecule has 0 saturated carbocycles. The van der Waals surface area contributed by atoms with Crippen molar-refractivity contribution in [1.82, 2.24) is 14.9 Å². The van der Waals surface area contributed by atoms with Gasteiger partial charge in [0, 0.05) is 18.3 Å². The lowest BCUT2D eigenvalue weighted by atomic mass is 10.1. The molecule has 2 heterocycles. The largest absolute Gasteiger partial charge is 0.332 e. The molecule has 0 atom stereocenters. The van der Waals surface area contributed by atoms with Gasteiger partial charge in [0.25, 0.3) is 0 Å². The van der Waals surface area contributed by atoms with Gasteiger partial charge in [0.15, 0.2) is 0 Å². The Morgan fingerprint density at radius 2 is 2.26 bits per heavy atom. The average Bonchev–Trinajstić information content (AvgIpc) is 2.82. The molecule has 0 bridgehead atoms. The van der Waals surface area contributed by atoms with E-state index in [0.717, 1.165) is 16.8 Å². The van der Waals surface area contributed by atoms with E-state index in [1.165, 1.54) is 11.9 Å². The van der Waals surface area contributed by atoms with Crippen molar-refractivity contribution in [2.45, 2.75) is 26.4 Å². The highest BCUT2D eigenvalue weighted by atomic mass is 16.2. The Balaban J connectivity index is 1.70. The average molecular weight is 253 g/mol. The molecule has 1 aliphatic heterocycles. The summed E-state index contributed by atoms with van der Waals surface area (Å²) in [4.78, 5) is 22.3. The van der Waals surface area contributed by atoms with Gasteiger partial charge in [0.2, 0.25) is 5.91 Å². The number of nitrogens with zero attached hydrogens (tertiary/aromatic N) is 3. The summed E-state index contributed by atoms with van der Waals surface area (Å²) >= 11 is 0. The van der Waals surface area contributed by atoms with Crippen LogP contribution in [0.5, 0.6) is 0 Å². The first kappa shape index (κ1) is 11.8. The van der Waals surface area contributed by atoms with Gasteiger partial charge < -0.3 is 4.90 Å². The maximum Gasteiger partial charge on any atom is 0.227 e. The highest BCUT2D eigenvalue weighted by molar-refractivity contribution is 5.79. The second kappa shape index (κ2) is 4.80. The van der Waals surface area contributed by atoms with E-state index in [2.05, 4.69) is 16.0 Å². The number of benzene rings is 1. The monoisotopic (exact) mass is 253 g/mol. The lowest BCUT2D eigenvalue weighted by Gasteiger charge is -2.15. The Bertz CT molecular complexity index is 599. The van der Waals surface area contributed by atoms with Gasteiger partial charge >= 0.3 is 0 Å². The molecule has 4 nitrogen and oxygen atoms in total. The topological polar surface area (TPSA) is 46.1 Å². The van der Waals surface area contributed by atoms with Crippen molar-refractivity contribution < 1.29 is 4.79 Å². The molecule has 0 radical (unpaired) electrons. The van der Waals surface area contributed by atoms with E-state index < -0.39 is 0 Å². The Morgan fingerprint density at radius 1 is 1.37 bits per heavy atom. The number of carbonyl (C=O) groups excluding carboxylic acids is 1. The summed E-state index contributed by atoms with van der Waals surface area (Å²) in [6.45, 7) is 3.26. The molecular formula is C15H15N3O. The number of hydrogen-bond acceptors (Lipinski definition) is 3. The van der Waals surface area contributed by atoms with Crippen molar-refractivity contribution in [2.24, 2.45) is 0 Å². The first-order valence-electron chi connectivity index (χ1n) is 6.33. The van der Waals surface area contributed by atoms with Gasteiger partial charge in [-0.1, -0.05) is 29.8 Å². The highest BCUT2D eigenvalue weighted by Crippen LogP contribution is 2.20. The summed E-state index contributed by atoms with van der Waals surface area (Å²) in [7, 11) is 0. The van der Waals surface area contributed by atoms with Crippen molar-refractivity contribution in [1.29, 1.82) is 0 Å². The SMILES string of the molecule is Cc1cccc(CC(=O)N2Cc3cncnc3C2)c1. The first-order valence-corrected chi connectivity index (χ1v) is 6.33. The Morgan fingerprint density at radius 3 is 3.05 bits per heavy atom. The minimum atomic E-state index is 0.142. The molecule has 0 saturated heterocycles. The number of aryl methyl sites for hydroxylation is 1. The van der Waals surface area contributed by atoms with Crippen LogP contribution in [0.15, 0.2) is 36.8 Å². The molecule has 0 aliphatic carbocycles. The summed E-state index contributed by atoms with van der Waals surface area (Å²) in [5.74, 6) is 0.142. The molecule has 1 amide bonds. The second-order valence-corrected chi connectivity index (χ2v) is 4.91. The Hall–Kier alpha value is -2.23. The minimum absolute atomic E-state index is 0.142. The second-order valence-electron chi connectivity index (χ2n) is 4.91. The van der Waals surface area contributed by atoms with Gasteiger partial charge in [-0.05, 0) is 12.5 Å². The third-order valence-corrected chi connectivity index (χ3v) is 3.37. The van der Waals surface area contributed by atoms with E-state index in [9.17, 15) is 4.79 Å². The maximum absolute atomic E-state index is 12.3. The molecular weight excluding hydrogens is 238 g/mol. The molecule has 0 N–H and O–H groups in total. The van der Waals surface area contributed by atoms with Crippen molar-refractivity contribution in [3.63, 3.8) is 0 Å². The fourth-order valence-corrected chi connectivity index (χ4v) is 2.39. The van der Waals surface area contributed by atoms with E-state index in [4.69, 9.17) is 0 Å². The number of rotatable bonds is 2. The van der Waals surface area contributed by atoms with Crippen LogP contribution in [0.1, 0.15) is 22.4 Å². The van der Waals surface area contributed by atoms with Crippen molar-refractivity contribution in [3.8, 4) is 0 Å². The molecule has 4 heteroatoms. The summed E-state index contributed by atoms with van der Waals surface area (Å²) in [6.07, 6.45) is 3.78. The number of fused-ring (bicyclic) bond motifs is 1. The summed E-state index contributed by atoms with van der Waals surface area (Å²) in [6, 6.07) is 8.08. The highest BCUT2D eigenvalue weighted by Gasteiger charge is 2.24. The molecule has 0 spiro atoms. The zero-order valence-corrected chi connectivity index (χ0v) is 10.8. The van der Waals surface area contributed by atoms with Crippen LogP contribution >= 0.6 is 0 Å². The third kappa shape index (κ3) is 2.47. The predicted molar refractivity (Wildman–Crippen MR) is 71.2 cm³/mol. The standard InChI is InChI=1S/C15H15N3O/c1-11-3-2-4-12(5-11)6-15(19)18-8-13-7-16-10-17-14(13)9-18/h2-5,7,10H,6,8-9H2,1H3. The van der Waals surface area contributed by atoms with Crippen molar-refractivity contribution >= 4 is 5.91 Å². The van der Waals surface area contributed by atoms with E-state index in [1.807, 2.05) is 30.0 Å². The van der Waals surface area contributed by atoms with Crippen LogP contribution in [0.25, 0.3) is 0 Å². The third-order valence-electron chi connectivity index (χ3n) is 3.37. The van der Waals surface area contributed by atoms with Crippen LogP contribution in [-0.4, -0.2) is 20.8 Å². The first-order chi connectivity index (χ1) is 9.22. The summed E-state index contributed by atoms with van der Waals surface area (Å²) in [5, 5.41) is 0. The van der Waals surface area contributed by atoms with Crippen LogP contribution in [0.4, 0.5) is 0 Å². The lowest BCUT2D eigenvalue weighted by molar-refractivity contribution is -0.131. The minimum Gasteiger partial charge on any atom is -0.332 e. The molecule has 0 unspecified atom stereocenters. The zero-order chi connectivity index (χ0) is 13.2. The molecule has 2 aromatic rings. The number of carbonyl (C=O) groups is 1. The molecule has 96 valence electrons. The molecule has 1 aromatic carbocycles. The Kier molecular flexibility index (Phi) is 2.99.